The molecule has 6 aromatic rings. The van der Waals surface area contributed by atoms with Crippen molar-refractivity contribution < 1.29 is 67.6 Å². The van der Waals surface area contributed by atoms with Crippen LogP contribution >= 0.6 is 23.1 Å². The van der Waals surface area contributed by atoms with Crippen molar-refractivity contribution in [3.63, 3.8) is 0 Å². The van der Waals surface area contributed by atoms with Crippen LogP contribution in [0, 0.1) is 56.8 Å². The number of rotatable bonds is 14. The van der Waals surface area contributed by atoms with Gasteiger partial charge < -0.3 is 28.8 Å². The summed E-state index contributed by atoms with van der Waals surface area (Å²) < 4.78 is 155. The molecule has 2 heterocycles. The van der Waals surface area contributed by atoms with Crippen LogP contribution in [0.4, 0.5) is 32.2 Å². The molecule has 6 rings (SSSR count). The normalized spacial score (nSPS) is 11.2. The van der Waals surface area contributed by atoms with Crippen LogP contribution in [0.2, 0.25) is 0 Å². The third kappa shape index (κ3) is 12.7. The molecular weight excluding hydrogens is 924 g/mol. The molecule has 0 unspecified atom stereocenters. The van der Waals surface area contributed by atoms with Crippen molar-refractivity contribution in [3.05, 3.63) is 113 Å². The minimum Gasteiger partial charge on any atom is -0.508 e. The number of methoxy groups -OCH3 is 4. The van der Waals surface area contributed by atoms with Gasteiger partial charge in [-0.25, -0.2) is 57.4 Å². The van der Waals surface area contributed by atoms with E-state index in [9.17, 15) is 38.8 Å². The first-order valence-corrected chi connectivity index (χ1v) is 22.0. The van der Waals surface area contributed by atoms with Gasteiger partial charge in [-0.3, -0.25) is 0 Å². The van der Waals surface area contributed by atoms with Gasteiger partial charge in [-0.1, -0.05) is 0 Å². The molecule has 4 aromatic carbocycles. The standard InChI is InChI=1S/C19H19F2N3O5S2.C11H10F3N3O3S2.C8H10O2/c1-11-5-13(28-4)7-14(6-11)29-17-8-16(21)18(9-15(17)20)31(25,26)24(10-27-3)19-22-12(2)23-30-19;1-6-15-11(21-16-6)17(5-20-2)22(18,19)10-4-8(13)7(12)3-9(10)14;1-6-3-7(9)5-8(4-6)10-2/h5-9H,10H2,1-4H3;3-4H,5H2,1-2H3;3-5,9H,1-2H3. The summed E-state index contributed by atoms with van der Waals surface area (Å²) in [7, 11) is -3.55. The minimum absolute atomic E-state index is 0.0358. The van der Waals surface area contributed by atoms with Gasteiger partial charge in [-0.15, -0.1) is 0 Å². The first-order chi connectivity index (χ1) is 29.6. The summed E-state index contributed by atoms with van der Waals surface area (Å²) in [6, 6.07) is 11.6. The van der Waals surface area contributed by atoms with Gasteiger partial charge in [0.05, 0.1) is 14.2 Å². The number of hydrogen-bond donors (Lipinski definition) is 1. The number of benzene rings is 4. The molecular formula is C38H39F5N6O10S4. The van der Waals surface area contributed by atoms with Crippen molar-refractivity contribution in [2.24, 2.45) is 0 Å². The highest BCUT2D eigenvalue weighted by Crippen LogP contribution is 2.34. The lowest BCUT2D eigenvalue weighted by molar-refractivity contribution is 0.209. The van der Waals surface area contributed by atoms with Crippen molar-refractivity contribution in [2.45, 2.75) is 37.5 Å². The maximum atomic E-state index is 14.8. The van der Waals surface area contributed by atoms with Crippen LogP contribution in [-0.2, 0) is 29.5 Å². The topological polar surface area (TPSA) is 193 Å². The summed E-state index contributed by atoms with van der Waals surface area (Å²) in [6.45, 7) is 5.85. The molecule has 1 N–H and O–H groups in total. The number of anilines is 2. The molecule has 0 atom stereocenters. The first kappa shape index (κ1) is 49.9. The van der Waals surface area contributed by atoms with Crippen LogP contribution in [0.25, 0.3) is 0 Å². The Bertz CT molecular complexity index is 2740. The fourth-order valence-electron chi connectivity index (χ4n) is 5.05. The number of nitrogens with zero attached hydrogens (tertiary/aromatic N) is 6. The molecule has 0 aliphatic rings. The molecule has 0 saturated heterocycles. The maximum Gasteiger partial charge on any atom is 0.271 e. The zero-order chi connectivity index (χ0) is 46.8. The van der Waals surface area contributed by atoms with E-state index in [1.807, 2.05) is 13.0 Å². The molecule has 0 radical (unpaired) electrons. The lowest BCUT2D eigenvalue weighted by Gasteiger charge is -2.21. The second-order valence-electron chi connectivity index (χ2n) is 12.7. The number of aryl methyl sites for hydroxylation is 4. The predicted octanol–water partition coefficient (Wildman–Crippen LogP) is 7.81. The monoisotopic (exact) mass is 962 g/mol. The maximum absolute atomic E-state index is 14.8. The molecule has 0 aliphatic heterocycles. The van der Waals surface area contributed by atoms with E-state index in [0.29, 0.717) is 43.9 Å². The molecule has 0 aliphatic carbocycles. The van der Waals surface area contributed by atoms with E-state index in [-0.39, 0.29) is 33.9 Å². The van der Waals surface area contributed by atoms with Crippen LogP contribution in [0.1, 0.15) is 22.8 Å². The lowest BCUT2D eigenvalue weighted by atomic mass is 10.2. The molecule has 0 amide bonds. The van der Waals surface area contributed by atoms with E-state index in [4.69, 9.17) is 28.8 Å². The van der Waals surface area contributed by atoms with E-state index >= 15 is 0 Å². The Labute approximate surface area is 367 Å². The lowest BCUT2D eigenvalue weighted by Crippen LogP contribution is -2.33. The molecule has 340 valence electrons. The highest BCUT2D eigenvalue weighted by Gasteiger charge is 2.33. The SMILES string of the molecule is COCN(c1nc(C)ns1)S(=O)(=O)c1cc(F)c(F)cc1F.COCN(c1nc(C)ns1)S(=O)(=O)c1cc(F)c(Oc2cc(C)cc(OC)c2)cc1F.COc1cc(C)cc(O)c1. The number of ether oxygens (including phenoxy) is 5. The Kier molecular flexibility index (Phi) is 17.1. The third-order valence-electron chi connectivity index (χ3n) is 7.81. The van der Waals surface area contributed by atoms with Gasteiger partial charge >= 0.3 is 0 Å². The molecule has 25 heteroatoms. The van der Waals surface area contributed by atoms with Gasteiger partial charge in [0.25, 0.3) is 20.0 Å². The Balaban J connectivity index is 0.000000235. The van der Waals surface area contributed by atoms with E-state index in [2.05, 4.69) is 18.7 Å². The Morgan fingerprint density at radius 3 is 1.43 bits per heavy atom. The quantitative estimate of drug-likeness (QED) is 0.0631. The van der Waals surface area contributed by atoms with Gasteiger partial charge in [0.15, 0.2) is 23.2 Å². The third-order valence-corrected chi connectivity index (χ3v) is 13.2. The van der Waals surface area contributed by atoms with Crippen LogP contribution in [-0.4, -0.2) is 82.6 Å². The van der Waals surface area contributed by atoms with E-state index in [0.717, 1.165) is 34.2 Å². The highest BCUT2D eigenvalue weighted by molar-refractivity contribution is 7.93. The van der Waals surface area contributed by atoms with Crippen molar-refractivity contribution in [1.82, 2.24) is 18.7 Å². The first-order valence-electron chi connectivity index (χ1n) is 17.6. The van der Waals surface area contributed by atoms with Crippen LogP contribution < -0.4 is 22.8 Å². The van der Waals surface area contributed by atoms with Gasteiger partial charge in [0.2, 0.25) is 10.3 Å². The largest absolute Gasteiger partial charge is 0.508 e. The zero-order valence-electron chi connectivity index (χ0n) is 34.5. The number of hydrogen-bond acceptors (Lipinski definition) is 16. The Morgan fingerprint density at radius 2 is 0.984 bits per heavy atom. The Morgan fingerprint density at radius 1 is 0.556 bits per heavy atom. The summed E-state index contributed by atoms with van der Waals surface area (Å²) in [6.07, 6.45) is 0. The van der Waals surface area contributed by atoms with E-state index in [1.165, 1.54) is 34.3 Å². The van der Waals surface area contributed by atoms with Gasteiger partial charge in [-0.05, 0) is 63.1 Å². The average Bonchev–Trinajstić information content (AvgIpc) is 3.85. The second kappa shape index (κ2) is 21.6. The van der Waals surface area contributed by atoms with Crippen LogP contribution in [0.3, 0.4) is 0 Å². The average molecular weight is 963 g/mol. The summed E-state index contributed by atoms with van der Waals surface area (Å²) >= 11 is 1.54. The van der Waals surface area contributed by atoms with Gasteiger partial charge in [0.1, 0.15) is 69.5 Å². The van der Waals surface area contributed by atoms with Crippen molar-refractivity contribution in [2.75, 3.05) is 50.5 Å². The molecule has 16 nitrogen and oxygen atoms in total. The molecule has 0 spiro atoms. The number of phenols is 1. The van der Waals surface area contributed by atoms with Crippen molar-refractivity contribution in [1.29, 1.82) is 0 Å². The molecule has 63 heavy (non-hydrogen) atoms. The summed E-state index contributed by atoms with van der Waals surface area (Å²) in [5.74, 6) is -4.86. The van der Waals surface area contributed by atoms with E-state index in [1.54, 1.807) is 45.2 Å². The second-order valence-corrected chi connectivity index (χ2v) is 17.8. The van der Waals surface area contributed by atoms with Crippen molar-refractivity contribution in [3.8, 4) is 28.7 Å². The fraction of sp³-hybridized carbons (Fsp3) is 0.263. The number of aromatic nitrogens is 4. The number of sulfonamides is 2. The smallest absolute Gasteiger partial charge is 0.271 e. The van der Waals surface area contributed by atoms with Gasteiger partial charge in [0, 0.05) is 73.7 Å². The number of phenolic OH excluding ortho intramolecular Hbond substituents is 1. The van der Waals surface area contributed by atoms with Crippen LogP contribution in [0.5, 0.6) is 28.7 Å². The summed E-state index contributed by atoms with van der Waals surface area (Å²) in [5.41, 5.74) is 1.77. The molecule has 0 fully saturated rings. The Hall–Kier alpha value is -5.73. The molecule has 2 aromatic heterocycles. The highest BCUT2D eigenvalue weighted by atomic mass is 32.2. The zero-order valence-corrected chi connectivity index (χ0v) is 37.8. The summed E-state index contributed by atoms with van der Waals surface area (Å²) in [5, 5.41) is 8.93. The number of halogens is 5. The molecule has 0 saturated carbocycles. The van der Waals surface area contributed by atoms with E-state index < -0.39 is 78.1 Å². The number of aromatic hydroxyl groups is 1. The predicted molar refractivity (Wildman–Crippen MR) is 222 cm³/mol. The fourth-order valence-corrected chi connectivity index (χ4v) is 9.56. The van der Waals surface area contributed by atoms with Crippen molar-refractivity contribution >= 4 is 53.4 Å². The minimum atomic E-state index is -4.54. The van der Waals surface area contributed by atoms with Crippen LogP contribution in [0.15, 0.2) is 70.5 Å². The van der Waals surface area contributed by atoms with Gasteiger partial charge in [-0.2, -0.15) is 8.75 Å². The molecule has 0 bridgehead atoms. The summed E-state index contributed by atoms with van der Waals surface area (Å²) in [4.78, 5) is 5.97.